The summed E-state index contributed by atoms with van der Waals surface area (Å²) in [7, 11) is -3.99. The molecule has 1 aliphatic rings. The fourth-order valence-electron chi connectivity index (χ4n) is 4.48. The first kappa shape index (κ1) is 24.5. The molecular formula is C26H25FN4O3S2. The van der Waals surface area contributed by atoms with Crippen molar-refractivity contribution in [3.63, 3.8) is 0 Å². The number of rotatable bonds is 7. The van der Waals surface area contributed by atoms with Crippen LogP contribution in [0, 0.1) is 5.82 Å². The van der Waals surface area contributed by atoms with Crippen molar-refractivity contribution in [1.29, 1.82) is 0 Å². The molecule has 10 heteroatoms. The van der Waals surface area contributed by atoms with Gasteiger partial charge in [-0.2, -0.15) is 4.31 Å². The van der Waals surface area contributed by atoms with Gasteiger partial charge in [0.2, 0.25) is 15.9 Å². The SMILES string of the molecule is CCc1cccc2sc(N(Cc3ccccn3)C(=O)C3CCCN3S(=O)(=O)c3ccc(F)cc3)nc12. The minimum absolute atomic E-state index is 0.0348. The van der Waals surface area contributed by atoms with Crippen LogP contribution in [0.1, 0.15) is 31.0 Å². The zero-order valence-corrected chi connectivity index (χ0v) is 21.3. The summed E-state index contributed by atoms with van der Waals surface area (Å²) in [6.07, 6.45) is 3.41. The number of benzene rings is 2. The van der Waals surface area contributed by atoms with Crippen LogP contribution < -0.4 is 4.90 Å². The number of nitrogens with zero attached hydrogens (tertiary/aromatic N) is 4. The van der Waals surface area contributed by atoms with Crippen LogP contribution in [-0.2, 0) is 27.8 Å². The topological polar surface area (TPSA) is 83.5 Å². The monoisotopic (exact) mass is 524 g/mol. The summed E-state index contributed by atoms with van der Waals surface area (Å²) in [5.41, 5.74) is 2.61. The first-order valence-corrected chi connectivity index (χ1v) is 14.0. The maximum atomic E-state index is 14.0. The summed E-state index contributed by atoms with van der Waals surface area (Å²) in [6, 6.07) is 15.2. The molecule has 0 bridgehead atoms. The second-order valence-electron chi connectivity index (χ2n) is 8.59. The lowest BCUT2D eigenvalue weighted by molar-refractivity contribution is -0.121. The van der Waals surface area contributed by atoms with E-state index in [-0.39, 0.29) is 23.9 Å². The predicted octanol–water partition coefficient (Wildman–Crippen LogP) is 4.78. The number of amides is 1. The fourth-order valence-corrected chi connectivity index (χ4v) is 7.15. The molecule has 3 heterocycles. The molecule has 0 saturated carbocycles. The molecule has 1 unspecified atom stereocenters. The van der Waals surface area contributed by atoms with Gasteiger partial charge in [-0.15, -0.1) is 0 Å². The number of fused-ring (bicyclic) bond motifs is 1. The average molecular weight is 525 g/mol. The largest absolute Gasteiger partial charge is 0.281 e. The Kier molecular flexibility index (Phi) is 6.83. The highest BCUT2D eigenvalue weighted by atomic mass is 32.2. The molecule has 0 N–H and O–H groups in total. The lowest BCUT2D eigenvalue weighted by Gasteiger charge is -2.28. The molecule has 5 rings (SSSR count). The van der Waals surface area contributed by atoms with Crippen molar-refractivity contribution in [2.75, 3.05) is 11.4 Å². The third kappa shape index (κ3) is 4.63. The van der Waals surface area contributed by atoms with Gasteiger partial charge >= 0.3 is 0 Å². The highest BCUT2D eigenvalue weighted by Gasteiger charge is 2.42. The number of thiazole rings is 1. The molecule has 2 aromatic heterocycles. The van der Waals surface area contributed by atoms with Crippen molar-refractivity contribution < 1.29 is 17.6 Å². The van der Waals surface area contributed by atoms with Crippen LogP contribution in [0.3, 0.4) is 0 Å². The van der Waals surface area contributed by atoms with E-state index in [0.29, 0.717) is 23.7 Å². The molecule has 0 aliphatic carbocycles. The smallest absolute Gasteiger partial charge is 0.247 e. The van der Waals surface area contributed by atoms with Crippen LogP contribution in [0.5, 0.6) is 0 Å². The average Bonchev–Trinajstić information content (AvgIpc) is 3.55. The van der Waals surface area contributed by atoms with Crippen LogP contribution >= 0.6 is 11.3 Å². The zero-order chi connectivity index (χ0) is 25.3. The minimum Gasteiger partial charge on any atom is -0.281 e. The Morgan fingerprint density at radius 1 is 1.14 bits per heavy atom. The normalized spacial score (nSPS) is 16.4. The van der Waals surface area contributed by atoms with E-state index in [0.717, 1.165) is 34.3 Å². The summed E-state index contributed by atoms with van der Waals surface area (Å²) in [4.78, 5) is 24.7. The van der Waals surface area contributed by atoms with Crippen LogP contribution in [-0.4, -0.2) is 41.2 Å². The highest BCUT2D eigenvalue weighted by molar-refractivity contribution is 7.89. The molecule has 1 fully saturated rings. The molecule has 1 saturated heterocycles. The Morgan fingerprint density at radius 3 is 2.67 bits per heavy atom. The van der Waals surface area contributed by atoms with Gasteiger partial charge in [-0.1, -0.05) is 36.5 Å². The molecule has 186 valence electrons. The van der Waals surface area contributed by atoms with E-state index in [2.05, 4.69) is 11.9 Å². The maximum Gasteiger partial charge on any atom is 0.247 e. The van der Waals surface area contributed by atoms with Crippen LogP contribution in [0.2, 0.25) is 0 Å². The zero-order valence-electron chi connectivity index (χ0n) is 19.7. The lowest BCUT2D eigenvalue weighted by Crippen LogP contribution is -2.47. The molecule has 1 aliphatic heterocycles. The number of aryl methyl sites for hydroxylation is 1. The number of para-hydroxylation sites is 1. The Balaban J connectivity index is 1.53. The molecule has 2 aromatic carbocycles. The molecule has 4 aromatic rings. The number of aromatic nitrogens is 2. The van der Waals surface area contributed by atoms with Gasteiger partial charge in [0.15, 0.2) is 5.13 Å². The summed E-state index contributed by atoms with van der Waals surface area (Å²) < 4.78 is 42.4. The van der Waals surface area contributed by atoms with Gasteiger partial charge in [-0.3, -0.25) is 14.7 Å². The van der Waals surface area contributed by atoms with Gasteiger partial charge in [-0.25, -0.2) is 17.8 Å². The first-order chi connectivity index (χ1) is 17.4. The summed E-state index contributed by atoms with van der Waals surface area (Å²) in [6.45, 7) is 2.44. The van der Waals surface area contributed by atoms with Crippen LogP contribution in [0.4, 0.5) is 9.52 Å². The van der Waals surface area contributed by atoms with E-state index < -0.39 is 21.9 Å². The third-order valence-electron chi connectivity index (χ3n) is 6.32. The molecule has 1 atom stereocenters. The standard InChI is InChI=1S/C26H25FN4O3S2/c1-2-18-7-5-10-23-24(18)29-26(35-23)30(17-20-8-3-4-15-28-20)25(32)22-9-6-16-31(22)36(33,34)21-13-11-19(27)12-14-21/h3-5,7-8,10-15,22H,2,6,9,16-17H2,1H3. The number of sulfonamides is 1. The van der Waals surface area contributed by atoms with E-state index in [1.165, 1.54) is 27.8 Å². The number of carbonyl (C=O) groups is 1. The summed E-state index contributed by atoms with van der Waals surface area (Å²) in [5.74, 6) is -0.868. The van der Waals surface area contributed by atoms with Crippen molar-refractivity contribution >= 4 is 42.6 Å². The maximum absolute atomic E-state index is 14.0. The van der Waals surface area contributed by atoms with Crippen molar-refractivity contribution in [3.8, 4) is 0 Å². The van der Waals surface area contributed by atoms with E-state index in [1.54, 1.807) is 17.2 Å². The lowest BCUT2D eigenvalue weighted by atomic mass is 10.1. The van der Waals surface area contributed by atoms with Gasteiger partial charge in [-0.05, 0) is 67.3 Å². The number of anilines is 1. The molecule has 1 amide bonds. The minimum atomic E-state index is -3.99. The predicted molar refractivity (Wildman–Crippen MR) is 138 cm³/mol. The van der Waals surface area contributed by atoms with Crippen molar-refractivity contribution in [2.24, 2.45) is 0 Å². The fraction of sp³-hybridized carbons (Fsp3) is 0.269. The second-order valence-corrected chi connectivity index (χ2v) is 11.5. The summed E-state index contributed by atoms with van der Waals surface area (Å²) in [5, 5.41) is 0.507. The Morgan fingerprint density at radius 2 is 1.94 bits per heavy atom. The summed E-state index contributed by atoms with van der Waals surface area (Å²) >= 11 is 1.40. The van der Waals surface area contributed by atoms with E-state index in [9.17, 15) is 17.6 Å². The van der Waals surface area contributed by atoms with Gasteiger partial charge in [0.1, 0.15) is 11.9 Å². The van der Waals surface area contributed by atoms with E-state index in [1.807, 2.05) is 30.3 Å². The van der Waals surface area contributed by atoms with Crippen LogP contribution in [0.15, 0.2) is 71.8 Å². The van der Waals surface area contributed by atoms with Crippen molar-refractivity contribution in [2.45, 2.75) is 43.7 Å². The van der Waals surface area contributed by atoms with Crippen LogP contribution in [0.25, 0.3) is 10.2 Å². The van der Waals surface area contributed by atoms with Gasteiger partial charge in [0, 0.05) is 12.7 Å². The van der Waals surface area contributed by atoms with Crippen molar-refractivity contribution in [1.82, 2.24) is 14.3 Å². The van der Waals surface area contributed by atoms with Gasteiger partial charge in [0.25, 0.3) is 0 Å². The van der Waals surface area contributed by atoms with E-state index >= 15 is 0 Å². The van der Waals surface area contributed by atoms with E-state index in [4.69, 9.17) is 4.98 Å². The molecule has 0 spiro atoms. The molecular weight excluding hydrogens is 499 g/mol. The quantitative estimate of drug-likeness (QED) is 0.348. The number of pyridine rings is 1. The highest BCUT2D eigenvalue weighted by Crippen LogP contribution is 2.34. The Hall–Kier alpha value is -3.21. The molecule has 7 nitrogen and oxygen atoms in total. The number of hydrogen-bond acceptors (Lipinski definition) is 6. The first-order valence-electron chi connectivity index (χ1n) is 11.8. The number of halogens is 1. The van der Waals surface area contributed by atoms with Gasteiger partial charge < -0.3 is 0 Å². The molecule has 0 radical (unpaired) electrons. The second kappa shape index (κ2) is 10.0. The number of carbonyl (C=O) groups excluding carboxylic acids is 1. The Bertz CT molecular complexity index is 1490. The molecule has 36 heavy (non-hydrogen) atoms. The van der Waals surface area contributed by atoms with Crippen molar-refractivity contribution in [3.05, 3.63) is 83.9 Å². The third-order valence-corrected chi connectivity index (χ3v) is 9.29. The number of hydrogen-bond donors (Lipinski definition) is 0. The van der Waals surface area contributed by atoms with Gasteiger partial charge in [0.05, 0.1) is 27.4 Å². The Labute approximate surface area is 213 Å².